The number of hydrogen-bond acceptors (Lipinski definition) is 4. The molecular formula is C14H18N2O3. The zero-order valence-electron chi connectivity index (χ0n) is 10.9. The van der Waals surface area contributed by atoms with Crippen molar-refractivity contribution >= 4 is 17.6 Å². The number of nitrogens with one attached hydrogen (secondary N) is 1. The number of ether oxygens (including phenoxy) is 1. The first-order chi connectivity index (χ1) is 9.04. The summed E-state index contributed by atoms with van der Waals surface area (Å²) >= 11 is 0. The molecule has 102 valence electrons. The monoisotopic (exact) mass is 262 g/mol. The number of nitrogens with two attached hydrogens (primary N) is 1. The third-order valence-electron chi connectivity index (χ3n) is 2.90. The van der Waals surface area contributed by atoms with Crippen LogP contribution < -0.4 is 11.1 Å². The van der Waals surface area contributed by atoms with Crippen LogP contribution in [0.4, 0.5) is 5.69 Å². The lowest BCUT2D eigenvalue weighted by Gasteiger charge is -2.13. The summed E-state index contributed by atoms with van der Waals surface area (Å²) in [6.07, 6.45) is 1.38. The van der Waals surface area contributed by atoms with Crippen molar-refractivity contribution in [1.82, 2.24) is 5.32 Å². The quantitative estimate of drug-likeness (QED) is 0.613. The van der Waals surface area contributed by atoms with Gasteiger partial charge in [-0.05, 0) is 37.5 Å². The van der Waals surface area contributed by atoms with E-state index in [4.69, 9.17) is 10.5 Å². The van der Waals surface area contributed by atoms with Crippen molar-refractivity contribution in [1.29, 1.82) is 0 Å². The molecule has 1 fully saturated rings. The normalized spacial score (nSPS) is 15.6. The Labute approximate surface area is 112 Å². The predicted molar refractivity (Wildman–Crippen MR) is 71.3 cm³/mol. The molecule has 5 nitrogen and oxygen atoms in total. The number of hydrogen-bond donors (Lipinski definition) is 2. The molecule has 0 aliphatic heterocycles. The molecule has 1 unspecified atom stereocenters. The van der Waals surface area contributed by atoms with E-state index in [-0.39, 0.29) is 18.4 Å². The van der Waals surface area contributed by atoms with Crippen molar-refractivity contribution in [2.24, 2.45) is 0 Å². The van der Waals surface area contributed by atoms with E-state index < -0.39 is 12.1 Å². The summed E-state index contributed by atoms with van der Waals surface area (Å²) in [4.78, 5) is 23.3. The van der Waals surface area contributed by atoms with Gasteiger partial charge in [0.25, 0.3) is 5.91 Å². The third-order valence-corrected chi connectivity index (χ3v) is 2.90. The van der Waals surface area contributed by atoms with Gasteiger partial charge in [-0.3, -0.25) is 9.59 Å². The molecule has 2 rings (SSSR count). The molecule has 0 bridgehead atoms. The van der Waals surface area contributed by atoms with Crippen LogP contribution in [-0.4, -0.2) is 24.0 Å². The van der Waals surface area contributed by atoms with Gasteiger partial charge in [0.2, 0.25) is 0 Å². The fourth-order valence-corrected chi connectivity index (χ4v) is 1.71. The summed E-state index contributed by atoms with van der Waals surface area (Å²) in [5, 5.41) is 2.80. The highest BCUT2D eigenvalue weighted by Crippen LogP contribution is 2.18. The average molecular weight is 262 g/mol. The van der Waals surface area contributed by atoms with Crippen molar-refractivity contribution in [2.75, 3.05) is 5.73 Å². The lowest BCUT2D eigenvalue weighted by atomic mass is 10.1. The highest BCUT2D eigenvalue weighted by molar-refractivity contribution is 5.84. The van der Waals surface area contributed by atoms with Gasteiger partial charge in [-0.1, -0.05) is 12.1 Å². The van der Waals surface area contributed by atoms with E-state index in [1.54, 1.807) is 31.2 Å². The molecule has 0 heterocycles. The molecule has 1 amide bonds. The van der Waals surface area contributed by atoms with Gasteiger partial charge < -0.3 is 15.8 Å². The maximum Gasteiger partial charge on any atom is 0.311 e. The second-order valence-corrected chi connectivity index (χ2v) is 4.84. The molecule has 0 spiro atoms. The summed E-state index contributed by atoms with van der Waals surface area (Å²) in [7, 11) is 0. The predicted octanol–water partition coefficient (Wildman–Crippen LogP) is 1.02. The number of amides is 1. The fraction of sp³-hybridized carbons (Fsp3) is 0.429. The van der Waals surface area contributed by atoms with Crippen molar-refractivity contribution in [3.63, 3.8) is 0 Å². The minimum absolute atomic E-state index is 0.117. The van der Waals surface area contributed by atoms with Crippen LogP contribution in [-0.2, 0) is 20.7 Å². The molecule has 0 aromatic heterocycles. The van der Waals surface area contributed by atoms with Gasteiger partial charge >= 0.3 is 5.97 Å². The van der Waals surface area contributed by atoms with Gasteiger partial charge in [0.15, 0.2) is 6.10 Å². The molecule has 3 N–H and O–H groups in total. The summed E-state index contributed by atoms with van der Waals surface area (Å²) in [5.74, 6) is -0.660. The molecule has 1 aliphatic rings. The molecule has 0 saturated heterocycles. The number of nitrogen functional groups attached to an aromatic ring is 1. The Kier molecular flexibility index (Phi) is 4.04. The zero-order valence-corrected chi connectivity index (χ0v) is 10.9. The maximum absolute atomic E-state index is 11.7. The first-order valence-electron chi connectivity index (χ1n) is 6.39. The Bertz CT molecular complexity index is 483. The molecule has 19 heavy (non-hydrogen) atoms. The van der Waals surface area contributed by atoms with Crippen molar-refractivity contribution < 1.29 is 14.3 Å². The minimum Gasteiger partial charge on any atom is -0.452 e. The van der Waals surface area contributed by atoms with Crippen molar-refractivity contribution in [2.45, 2.75) is 38.3 Å². The first kappa shape index (κ1) is 13.4. The van der Waals surface area contributed by atoms with Crippen molar-refractivity contribution in [3.8, 4) is 0 Å². The highest BCUT2D eigenvalue weighted by Gasteiger charge is 2.27. The van der Waals surface area contributed by atoms with Gasteiger partial charge in [-0.15, -0.1) is 0 Å². The highest BCUT2D eigenvalue weighted by atomic mass is 16.5. The van der Waals surface area contributed by atoms with Gasteiger partial charge in [0.1, 0.15) is 0 Å². The standard InChI is InChI=1S/C14H18N2O3/c1-9(14(18)16-12-5-6-12)19-13(17)8-10-3-2-4-11(15)7-10/h2-4,7,9,12H,5-6,8,15H2,1H3,(H,16,18). The number of esters is 1. The zero-order chi connectivity index (χ0) is 13.8. The minimum atomic E-state index is -0.755. The van der Waals surface area contributed by atoms with E-state index in [2.05, 4.69) is 5.32 Å². The number of benzene rings is 1. The third kappa shape index (κ3) is 4.28. The van der Waals surface area contributed by atoms with Crippen LogP contribution in [0.1, 0.15) is 25.3 Å². The van der Waals surface area contributed by atoms with Gasteiger partial charge in [-0.25, -0.2) is 0 Å². The second-order valence-electron chi connectivity index (χ2n) is 4.84. The first-order valence-corrected chi connectivity index (χ1v) is 6.39. The Morgan fingerprint density at radius 3 is 2.84 bits per heavy atom. The van der Waals surface area contributed by atoms with Crippen LogP contribution >= 0.6 is 0 Å². The number of anilines is 1. The van der Waals surface area contributed by atoms with E-state index in [0.29, 0.717) is 5.69 Å². The molecule has 5 heteroatoms. The van der Waals surface area contributed by atoms with Gasteiger partial charge in [0, 0.05) is 11.7 Å². The Morgan fingerprint density at radius 1 is 1.47 bits per heavy atom. The molecule has 1 aromatic carbocycles. The summed E-state index contributed by atoms with van der Waals surface area (Å²) in [6, 6.07) is 7.31. The Balaban J connectivity index is 1.81. The number of carbonyl (C=O) groups is 2. The van der Waals surface area contributed by atoms with Crippen LogP contribution in [0.25, 0.3) is 0 Å². The van der Waals surface area contributed by atoms with Crippen LogP contribution in [0.5, 0.6) is 0 Å². The Morgan fingerprint density at radius 2 is 2.21 bits per heavy atom. The van der Waals surface area contributed by atoms with Crippen LogP contribution in [0.15, 0.2) is 24.3 Å². The molecule has 1 aromatic rings. The number of rotatable bonds is 5. The SMILES string of the molecule is CC(OC(=O)Cc1cccc(N)c1)C(=O)NC1CC1. The van der Waals surface area contributed by atoms with Crippen LogP contribution in [0, 0.1) is 0 Å². The topological polar surface area (TPSA) is 81.4 Å². The Hall–Kier alpha value is -2.04. The van der Waals surface area contributed by atoms with Gasteiger partial charge in [0.05, 0.1) is 6.42 Å². The van der Waals surface area contributed by atoms with Crippen LogP contribution in [0.3, 0.4) is 0 Å². The average Bonchev–Trinajstić information content (AvgIpc) is 3.12. The molecule has 0 radical (unpaired) electrons. The summed E-state index contributed by atoms with van der Waals surface area (Å²) < 4.78 is 5.09. The van der Waals surface area contributed by atoms with E-state index in [9.17, 15) is 9.59 Å². The lowest BCUT2D eigenvalue weighted by molar-refractivity contribution is -0.154. The maximum atomic E-state index is 11.7. The van der Waals surface area contributed by atoms with Crippen molar-refractivity contribution in [3.05, 3.63) is 29.8 Å². The molecule has 1 aliphatic carbocycles. The molecule has 1 saturated carbocycles. The molecule has 1 atom stereocenters. The fourth-order valence-electron chi connectivity index (χ4n) is 1.71. The van der Waals surface area contributed by atoms with Crippen LogP contribution in [0.2, 0.25) is 0 Å². The lowest BCUT2D eigenvalue weighted by Crippen LogP contribution is -2.37. The largest absolute Gasteiger partial charge is 0.452 e. The van der Waals surface area contributed by atoms with E-state index >= 15 is 0 Å². The molecular weight excluding hydrogens is 244 g/mol. The smallest absolute Gasteiger partial charge is 0.311 e. The summed E-state index contributed by atoms with van der Waals surface area (Å²) in [5.41, 5.74) is 7.01. The summed E-state index contributed by atoms with van der Waals surface area (Å²) in [6.45, 7) is 1.58. The van der Waals surface area contributed by atoms with Gasteiger partial charge in [-0.2, -0.15) is 0 Å². The number of carbonyl (C=O) groups excluding carboxylic acids is 2. The second kappa shape index (κ2) is 5.73. The van der Waals surface area contributed by atoms with E-state index in [1.165, 1.54) is 0 Å². The van der Waals surface area contributed by atoms with E-state index in [1.807, 2.05) is 0 Å². The van der Waals surface area contributed by atoms with E-state index in [0.717, 1.165) is 18.4 Å².